The number of thiazole rings is 1. The first-order valence-electron chi connectivity index (χ1n) is 4.05. The molecule has 0 spiro atoms. The van der Waals surface area contributed by atoms with Gasteiger partial charge in [0.05, 0.1) is 10.0 Å². The number of rotatable bonds is 1. The number of halogens is 2. The maximum Gasteiger partial charge on any atom is 0.126 e. The van der Waals surface area contributed by atoms with Gasteiger partial charge in [0.15, 0.2) is 0 Å². The summed E-state index contributed by atoms with van der Waals surface area (Å²) in [6.45, 7) is 2.01. The van der Waals surface area contributed by atoms with Gasteiger partial charge in [0.25, 0.3) is 0 Å². The molecule has 2 rings (SSSR count). The first-order chi connectivity index (χ1) is 6.68. The summed E-state index contributed by atoms with van der Waals surface area (Å²) >= 11 is 13.7. The Kier molecular flexibility index (Phi) is 2.77. The fourth-order valence-corrected chi connectivity index (χ4v) is 2.70. The van der Waals surface area contributed by atoms with Gasteiger partial charge in [-0.2, -0.15) is 0 Å². The number of hydrogen-bond donors (Lipinski definition) is 0. The minimum absolute atomic E-state index is 0.645. The third kappa shape index (κ3) is 1.78. The van der Waals surface area contributed by atoms with Gasteiger partial charge in [0.2, 0.25) is 0 Å². The van der Waals surface area contributed by atoms with Gasteiger partial charge < -0.3 is 0 Å². The molecular formula is C10H7Cl2NS. The van der Waals surface area contributed by atoms with E-state index in [9.17, 15) is 0 Å². The van der Waals surface area contributed by atoms with Crippen molar-refractivity contribution in [2.75, 3.05) is 0 Å². The van der Waals surface area contributed by atoms with Gasteiger partial charge in [-0.05, 0) is 19.1 Å². The lowest BCUT2D eigenvalue weighted by Crippen LogP contribution is -1.79. The summed E-state index contributed by atoms with van der Waals surface area (Å²) in [5.41, 5.74) is 0.828. The molecule has 2 aromatic rings. The van der Waals surface area contributed by atoms with Crippen LogP contribution in [0.3, 0.4) is 0 Å². The van der Waals surface area contributed by atoms with Crippen molar-refractivity contribution in [1.29, 1.82) is 0 Å². The fraction of sp³-hybridized carbons (Fsp3) is 0.100. The summed E-state index contributed by atoms with van der Waals surface area (Å²) in [4.78, 5) is 5.41. The second kappa shape index (κ2) is 3.89. The van der Waals surface area contributed by atoms with Gasteiger partial charge in [-0.15, -0.1) is 11.3 Å². The first-order valence-corrected chi connectivity index (χ1v) is 5.62. The van der Waals surface area contributed by atoms with Crippen LogP contribution in [0.2, 0.25) is 10.0 Å². The van der Waals surface area contributed by atoms with Gasteiger partial charge >= 0.3 is 0 Å². The summed E-state index contributed by atoms with van der Waals surface area (Å²) in [5, 5.41) is 2.16. The molecule has 14 heavy (non-hydrogen) atoms. The molecule has 72 valence electrons. The molecule has 0 fully saturated rings. The van der Waals surface area contributed by atoms with Crippen LogP contribution >= 0.6 is 34.5 Å². The van der Waals surface area contributed by atoms with Crippen molar-refractivity contribution >= 4 is 34.5 Å². The van der Waals surface area contributed by atoms with E-state index in [2.05, 4.69) is 4.98 Å². The Labute approximate surface area is 96.3 Å². The Bertz CT molecular complexity index is 445. The van der Waals surface area contributed by atoms with E-state index in [-0.39, 0.29) is 0 Å². The van der Waals surface area contributed by atoms with Crippen molar-refractivity contribution in [2.45, 2.75) is 6.92 Å². The predicted octanol–water partition coefficient (Wildman–Crippen LogP) is 4.43. The maximum atomic E-state index is 6.06. The van der Waals surface area contributed by atoms with E-state index in [1.54, 1.807) is 11.3 Å². The molecule has 0 unspecified atom stereocenters. The van der Waals surface area contributed by atoms with E-state index < -0.39 is 0 Å². The molecule has 0 aliphatic heterocycles. The second-order valence-corrected chi connectivity index (χ2v) is 4.92. The van der Waals surface area contributed by atoms with Crippen LogP contribution < -0.4 is 0 Å². The number of benzene rings is 1. The molecule has 0 radical (unpaired) electrons. The zero-order valence-electron chi connectivity index (χ0n) is 7.42. The van der Waals surface area contributed by atoms with Crippen LogP contribution in [0, 0.1) is 6.92 Å². The van der Waals surface area contributed by atoms with Crippen LogP contribution in [0.25, 0.3) is 10.6 Å². The van der Waals surface area contributed by atoms with Crippen LogP contribution in [-0.4, -0.2) is 4.98 Å². The molecule has 0 N–H and O–H groups in total. The third-order valence-corrected chi connectivity index (χ3v) is 3.36. The van der Waals surface area contributed by atoms with Crippen molar-refractivity contribution in [3.63, 3.8) is 0 Å². The molecule has 1 aromatic carbocycles. The largest absolute Gasteiger partial charge is 0.244 e. The van der Waals surface area contributed by atoms with E-state index in [1.165, 1.54) is 0 Å². The van der Waals surface area contributed by atoms with Crippen molar-refractivity contribution in [3.05, 3.63) is 39.3 Å². The van der Waals surface area contributed by atoms with Crippen molar-refractivity contribution < 1.29 is 0 Å². The third-order valence-electron chi connectivity index (χ3n) is 1.80. The molecule has 0 saturated heterocycles. The average Bonchev–Trinajstić information content (AvgIpc) is 2.51. The molecule has 0 amide bonds. The topological polar surface area (TPSA) is 12.9 Å². The highest BCUT2D eigenvalue weighted by Crippen LogP contribution is 2.36. The number of aromatic nitrogens is 1. The summed E-state index contributed by atoms with van der Waals surface area (Å²) in [6.07, 6.45) is 1.82. The van der Waals surface area contributed by atoms with Gasteiger partial charge in [-0.3, -0.25) is 0 Å². The quantitative estimate of drug-likeness (QED) is 0.723. The minimum Gasteiger partial charge on any atom is -0.244 e. The molecule has 1 aromatic heterocycles. The highest BCUT2D eigenvalue weighted by atomic mass is 35.5. The van der Waals surface area contributed by atoms with Crippen LogP contribution in [-0.2, 0) is 0 Å². The Morgan fingerprint density at radius 3 is 2.36 bits per heavy atom. The summed E-state index contributed by atoms with van der Waals surface area (Å²) in [6, 6.07) is 5.47. The summed E-state index contributed by atoms with van der Waals surface area (Å²) in [5.74, 6) is 0. The van der Waals surface area contributed by atoms with E-state index in [1.807, 2.05) is 31.3 Å². The summed E-state index contributed by atoms with van der Waals surface area (Å²) < 4.78 is 0. The zero-order valence-corrected chi connectivity index (χ0v) is 9.75. The highest BCUT2D eigenvalue weighted by molar-refractivity contribution is 7.15. The smallest absolute Gasteiger partial charge is 0.126 e. The Balaban J connectivity index is 2.61. The molecule has 0 saturated carbocycles. The van der Waals surface area contributed by atoms with Crippen LogP contribution in [0.15, 0.2) is 24.4 Å². The standard InChI is InChI=1S/C10H7Cl2NS/c1-6-5-13-10(14-6)9-7(11)3-2-4-8(9)12/h2-5H,1H3. The Morgan fingerprint density at radius 1 is 1.21 bits per heavy atom. The average molecular weight is 244 g/mol. The molecule has 1 nitrogen and oxygen atoms in total. The minimum atomic E-state index is 0.645. The monoisotopic (exact) mass is 243 g/mol. The van der Waals surface area contributed by atoms with Gasteiger partial charge in [-0.1, -0.05) is 29.3 Å². The maximum absolute atomic E-state index is 6.06. The van der Waals surface area contributed by atoms with Crippen molar-refractivity contribution in [3.8, 4) is 10.6 Å². The summed E-state index contributed by atoms with van der Waals surface area (Å²) in [7, 11) is 0. The number of aryl methyl sites for hydroxylation is 1. The molecular weight excluding hydrogens is 237 g/mol. The molecule has 0 aliphatic carbocycles. The van der Waals surface area contributed by atoms with Gasteiger partial charge in [0, 0.05) is 16.6 Å². The van der Waals surface area contributed by atoms with E-state index in [0.29, 0.717) is 10.0 Å². The number of hydrogen-bond acceptors (Lipinski definition) is 2. The van der Waals surface area contributed by atoms with Gasteiger partial charge in [0.1, 0.15) is 5.01 Å². The zero-order chi connectivity index (χ0) is 10.1. The van der Waals surface area contributed by atoms with Crippen molar-refractivity contribution in [1.82, 2.24) is 4.98 Å². The predicted molar refractivity (Wildman–Crippen MR) is 62.3 cm³/mol. The molecule has 0 aliphatic rings. The number of nitrogens with zero attached hydrogens (tertiary/aromatic N) is 1. The van der Waals surface area contributed by atoms with Crippen molar-refractivity contribution in [2.24, 2.45) is 0 Å². The van der Waals surface area contributed by atoms with Gasteiger partial charge in [-0.25, -0.2) is 4.98 Å². The molecule has 4 heteroatoms. The van der Waals surface area contributed by atoms with E-state index in [4.69, 9.17) is 23.2 Å². The normalized spacial score (nSPS) is 10.5. The SMILES string of the molecule is Cc1cnc(-c2c(Cl)cccc2Cl)s1. The highest BCUT2D eigenvalue weighted by Gasteiger charge is 2.10. The lowest BCUT2D eigenvalue weighted by Gasteiger charge is -2.01. The Morgan fingerprint density at radius 2 is 1.86 bits per heavy atom. The first kappa shape index (κ1) is 9.97. The lowest BCUT2D eigenvalue weighted by molar-refractivity contribution is 1.38. The van der Waals surface area contributed by atoms with E-state index >= 15 is 0 Å². The van der Waals surface area contributed by atoms with Crippen LogP contribution in [0.1, 0.15) is 4.88 Å². The lowest BCUT2D eigenvalue weighted by atomic mass is 10.2. The molecule has 0 atom stereocenters. The molecule has 0 bridgehead atoms. The Hall–Kier alpha value is -0.570. The van der Waals surface area contributed by atoms with Crippen LogP contribution in [0.4, 0.5) is 0 Å². The van der Waals surface area contributed by atoms with E-state index in [0.717, 1.165) is 15.4 Å². The second-order valence-electron chi connectivity index (χ2n) is 2.87. The fourth-order valence-electron chi connectivity index (χ4n) is 1.17. The van der Waals surface area contributed by atoms with Crippen LogP contribution in [0.5, 0.6) is 0 Å². The molecule has 1 heterocycles.